The lowest BCUT2D eigenvalue weighted by atomic mass is 9.94. The normalized spacial score (nSPS) is 14.3. The molecule has 1 aliphatic carbocycles. The largest absolute Gasteiger partial charge is 0.496 e. The minimum Gasteiger partial charge on any atom is -0.496 e. The van der Waals surface area contributed by atoms with Crippen molar-refractivity contribution in [1.29, 1.82) is 0 Å². The van der Waals surface area contributed by atoms with E-state index in [1.807, 2.05) is 12.1 Å². The SMILES string of the molecule is COc1cc(OC(C)=O)ccc1C(=O)Nc1c(Br)cc(Br)cc1CN(C)C1CCCCC1. The molecule has 0 radical (unpaired) electrons. The highest BCUT2D eigenvalue weighted by molar-refractivity contribution is 9.11. The van der Waals surface area contributed by atoms with Crippen LogP contribution >= 0.6 is 31.9 Å². The zero-order valence-corrected chi connectivity index (χ0v) is 21.7. The van der Waals surface area contributed by atoms with E-state index in [1.165, 1.54) is 52.2 Å². The minimum atomic E-state index is -0.435. The van der Waals surface area contributed by atoms with Gasteiger partial charge in [0.25, 0.3) is 5.91 Å². The average Bonchev–Trinajstić information content (AvgIpc) is 2.76. The van der Waals surface area contributed by atoms with Gasteiger partial charge in [-0.05, 0) is 65.6 Å². The van der Waals surface area contributed by atoms with Crippen molar-refractivity contribution in [2.75, 3.05) is 19.5 Å². The third-order valence-electron chi connectivity index (χ3n) is 5.67. The van der Waals surface area contributed by atoms with Crippen molar-refractivity contribution in [3.05, 3.63) is 50.4 Å². The molecule has 0 heterocycles. The molecule has 172 valence electrons. The average molecular weight is 568 g/mol. The molecule has 3 rings (SSSR count). The molecular weight excluding hydrogens is 540 g/mol. The molecule has 8 heteroatoms. The molecule has 1 saturated carbocycles. The number of carbonyl (C=O) groups excluding carboxylic acids is 2. The van der Waals surface area contributed by atoms with Gasteiger partial charge in [0, 0.05) is 34.5 Å². The number of halogens is 2. The third-order valence-corrected chi connectivity index (χ3v) is 6.76. The molecule has 6 nitrogen and oxygen atoms in total. The second-order valence-corrected chi connectivity index (χ2v) is 9.81. The Morgan fingerprint density at radius 1 is 1.12 bits per heavy atom. The van der Waals surface area contributed by atoms with Gasteiger partial charge in [0.2, 0.25) is 0 Å². The van der Waals surface area contributed by atoms with Crippen molar-refractivity contribution in [3.8, 4) is 11.5 Å². The summed E-state index contributed by atoms with van der Waals surface area (Å²) >= 11 is 7.18. The molecule has 32 heavy (non-hydrogen) atoms. The van der Waals surface area contributed by atoms with Gasteiger partial charge < -0.3 is 14.8 Å². The highest BCUT2D eigenvalue weighted by atomic mass is 79.9. The summed E-state index contributed by atoms with van der Waals surface area (Å²) in [6.07, 6.45) is 6.26. The Balaban J connectivity index is 1.85. The van der Waals surface area contributed by atoms with E-state index in [2.05, 4.69) is 49.1 Å². The number of hydrogen-bond acceptors (Lipinski definition) is 5. The van der Waals surface area contributed by atoms with Crippen molar-refractivity contribution in [3.63, 3.8) is 0 Å². The maximum atomic E-state index is 13.2. The summed E-state index contributed by atoms with van der Waals surface area (Å²) in [6.45, 7) is 2.05. The van der Waals surface area contributed by atoms with Crippen LogP contribution in [0.3, 0.4) is 0 Å². The van der Waals surface area contributed by atoms with Gasteiger partial charge in [-0.15, -0.1) is 0 Å². The molecule has 1 aliphatic rings. The zero-order valence-electron chi connectivity index (χ0n) is 18.5. The van der Waals surface area contributed by atoms with Crippen LogP contribution in [-0.4, -0.2) is 37.0 Å². The molecule has 0 atom stereocenters. The Kier molecular flexibility index (Phi) is 8.73. The first-order valence-corrected chi connectivity index (χ1v) is 12.2. The van der Waals surface area contributed by atoms with Crippen LogP contribution in [0, 0.1) is 0 Å². The van der Waals surface area contributed by atoms with Crippen LogP contribution in [0.1, 0.15) is 54.9 Å². The number of carbonyl (C=O) groups is 2. The van der Waals surface area contributed by atoms with Gasteiger partial charge in [0.15, 0.2) is 0 Å². The highest BCUT2D eigenvalue weighted by Gasteiger charge is 2.22. The van der Waals surface area contributed by atoms with Gasteiger partial charge in [-0.3, -0.25) is 14.5 Å². The monoisotopic (exact) mass is 566 g/mol. The number of rotatable bonds is 7. The smallest absolute Gasteiger partial charge is 0.308 e. The molecule has 0 spiro atoms. The van der Waals surface area contributed by atoms with Crippen molar-refractivity contribution < 1.29 is 19.1 Å². The first-order valence-electron chi connectivity index (χ1n) is 10.6. The van der Waals surface area contributed by atoms with Crippen LogP contribution in [0.5, 0.6) is 11.5 Å². The molecule has 0 saturated heterocycles. The number of esters is 1. The van der Waals surface area contributed by atoms with E-state index < -0.39 is 5.97 Å². The van der Waals surface area contributed by atoms with E-state index in [1.54, 1.807) is 12.1 Å². The van der Waals surface area contributed by atoms with Crippen LogP contribution in [0.25, 0.3) is 0 Å². The van der Waals surface area contributed by atoms with Gasteiger partial charge in [-0.2, -0.15) is 0 Å². The molecular formula is C24H28Br2N2O4. The molecule has 0 bridgehead atoms. The second-order valence-electron chi connectivity index (χ2n) is 8.04. The molecule has 0 aliphatic heterocycles. The fourth-order valence-electron chi connectivity index (χ4n) is 4.08. The van der Waals surface area contributed by atoms with Gasteiger partial charge in [0.05, 0.1) is 18.4 Å². The van der Waals surface area contributed by atoms with Crippen molar-refractivity contribution in [1.82, 2.24) is 4.90 Å². The predicted octanol–water partition coefficient (Wildman–Crippen LogP) is 6.16. The lowest BCUT2D eigenvalue weighted by Crippen LogP contribution is -2.33. The first kappa shape index (κ1) is 24.7. The lowest BCUT2D eigenvalue weighted by Gasteiger charge is -2.32. The number of benzene rings is 2. The Labute approximate surface area is 205 Å². The zero-order chi connectivity index (χ0) is 23.3. The van der Waals surface area contributed by atoms with E-state index in [0.717, 1.165) is 26.7 Å². The van der Waals surface area contributed by atoms with Gasteiger partial charge in [-0.25, -0.2) is 0 Å². The number of hydrogen-bond donors (Lipinski definition) is 1. The van der Waals surface area contributed by atoms with Crippen molar-refractivity contribution in [2.24, 2.45) is 0 Å². The molecule has 1 fully saturated rings. The fraction of sp³-hybridized carbons (Fsp3) is 0.417. The number of nitrogens with one attached hydrogen (secondary N) is 1. The summed E-state index contributed by atoms with van der Waals surface area (Å²) in [5, 5.41) is 3.04. The Bertz CT molecular complexity index is 990. The topological polar surface area (TPSA) is 67.9 Å². The lowest BCUT2D eigenvalue weighted by molar-refractivity contribution is -0.131. The second kappa shape index (κ2) is 11.3. The maximum Gasteiger partial charge on any atom is 0.308 e. The summed E-state index contributed by atoms with van der Waals surface area (Å²) in [5.74, 6) is -0.0866. The van der Waals surface area contributed by atoms with E-state index in [0.29, 0.717) is 23.1 Å². The standard InChI is InChI=1S/C24H28Br2N2O4/c1-15(29)32-19-9-10-20(22(13-19)31-3)24(30)27-23-16(11-17(25)12-21(23)26)14-28(2)18-7-5-4-6-8-18/h9-13,18H,4-8,14H2,1-3H3,(H,27,30). The molecule has 1 amide bonds. The summed E-state index contributed by atoms with van der Waals surface area (Å²) in [6, 6.07) is 9.21. The Morgan fingerprint density at radius 3 is 2.50 bits per heavy atom. The maximum absolute atomic E-state index is 13.2. The van der Waals surface area contributed by atoms with Crippen LogP contribution in [0.2, 0.25) is 0 Å². The fourth-order valence-corrected chi connectivity index (χ4v) is 5.49. The van der Waals surface area contributed by atoms with E-state index >= 15 is 0 Å². The van der Waals surface area contributed by atoms with Crippen LogP contribution in [0.15, 0.2) is 39.3 Å². The summed E-state index contributed by atoms with van der Waals surface area (Å²) in [4.78, 5) is 26.8. The molecule has 1 N–H and O–H groups in total. The number of methoxy groups -OCH3 is 1. The van der Waals surface area contributed by atoms with Gasteiger partial charge in [-0.1, -0.05) is 35.2 Å². The van der Waals surface area contributed by atoms with Crippen LogP contribution < -0.4 is 14.8 Å². The van der Waals surface area contributed by atoms with Crippen LogP contribution in [-0.2, 0) is 11.3 Å². The Hall–Kier alpha value is -1.90. The van der Waals surface area contributed by atoms with Crippen molar-refractivity contribution in [2.45, 2.75) is 51.6 Å². The number of ether oxygens (including phenoxy) is 2. The summed E-state index contributed by atoms with van der Waals surface area (Å²) in [7, 11) is 3.62. The first-order chi connectivity index (χ1) is 15.3. The quantitative estimate of drug-likeness (QED) is 0.320. The minimum absolute atomic E-state index is 0.305. The summed E-state index contributed by atoms with van der Waals surface area (Å²) in [5.41, 5.74) is 2.10. The predicted molar refractivity (Wildman–Crippen MR) is 132 cm³/mol. The van der Waals surface area contributed by atoms with Crippen molar-refractivity contribution >= 4 is 49.4 Å². The van der Waals surface area contributed by atoms with E-state index in [4.69, 9.17) is 9.47 Å². The summed E-state index contributed by atoms with van der Waals surface area (Å²) < 4.78 is 12.2. The molecule has 0 unspecified atom stereocenters. The van der Waals surface area contributed by atoms with E-state index in [-0.39, 0.29) is 5.91 Å². The molecule has 0 aromatic heterocycles. The van der Waals surface area contributed by atoms with E-state index in [9.17, 15) is 9.59 Å². The molecule has 2 aromatic rings. The Morgan fingerprint density at radius 2 is 1.84 bits per heavy atom. The van der Waals surface area contributed by atoms with Gasteiger partial charge in [0.1, 0.15) is 11.5 Å². The number of anilines is 1. The number of amides is 1. The van der Waals surface area contributed by atoms with Gasteiger partial charge >= 0.3 is 5.97 Å². The highest BCUT2D eigenvalue weighted by Crippen LogP contribution is 2.34. The number of nitrogens with zero attached hydrogens (tertiary/aromatic N) is 1. The third kappa shape index (κ3) is 6.33. The molecule has 2 aromatic carbocycles. The van der Waals surface area contributed by atoms with Crippen LogP contribution in [0.4, 0.5) is 5.69 Å².